The Bertz CT molecular complexity index is 595. The van der Waals surface area contributed by atoms with Crippen molar-refractivity contribution in [3.05, 3.63) is 29.3 Å². The summed E-state index contributed by atoms with van der Waals surface area (Å²) in [5.41, 5.74) is 0.999. The molecule has 1 aromatic rings. The van der Waals surface area contributed by atoms with Crippen LogP contribution in [0.4, 0.5) is 13.2 Å². The lowest BCUT2D eigenvalue weighted by atomic mass is 9.88. The molecule has 0 amide bonds. The Kier molecular flexibility index (Phi) is 3.38. The minimum absolute atomic E-state index is 0.0505. The average molecular weight is 293 g/mol. The summed E-state index contributed by atoms with van der Waals surface area (Å²) in [6, 6.07) is 3.70. The van der Waals surface area contributed by atoms with E-state index in [1.165, 1.54) is 19.1 Å². The molecule has 19 heavy (non-hydrogen) atoms. The van der Waals surface area contributed by atoms with Crippen molar-refractivity contribution in [2.75, 3.05) is 0 Å². The number of rotatable bonds is 1. The van der Waals surface area contributed by atoms with Crippen LogP contribution in [-0.2, 0) is 10.0 Å². The topological polar surface area (TPSA) is 46.2 Å². The number of sulfonamides is 1. The first-order valence-corrected chi connectivity index (χ1v) is 7.28. The summed E-state index contributed by atoms with van der Waals surface area (Å²) in [5.74, 6) is -0.890. The van der Waals surface area contributed by atoms with Crippen molar-refractivity contribution < 1.29 is 21.6 Å². The third-order valence-corrected chi connectivity index (χ3v) is 4.88. The van der Waals surface area contributed by atoms with Crippen molar-refractivity contribution in [1.82, 2.24) is 4.72 Å². The lowest BCUT2D eigenvalue weighted by Gasteiger charge is -2.32. The number of hydrogen-bond donors (Lipinski definition) is 1. The van der Waals surface area contributed by atoms with Gasteiger partial charge in [0.1, 0.15) is 0 Å². The summed E-state index contributed by atoms with van der Waals surface area (Å²) in [5, 5.41) is 0. The third-order valence-electron chi connectivity index (χ3n) is 3.25. The molecule has 1 N–H and O–H groups in total. The van der Waals surface area contributed by atoms with Crippen LogP contribution in [0.15, 0.2) is 23.1 Å². The molecule has 1 aliphatic heterocycles. The Morgan fingerprint density at radius 1 is 1.32 bits per heavy atom. The molecule has 0 bridgehead atoms. The van der Waals surface area contributed by atoms with Crippen LogP contribution >= 0.6 is 0 Å². The van der Waals surface area contributed by atoms with E-state index in [2.05, 4.69) is 4.72 Å². The van der Waals surface area contributed by atoms with Crippen molar-refractivity contribution in [2.24, 2.45) is 0 Å². The summed E-state index contributed by atoms with van der Waals surface area (Å²) in [7, 11) is -3.71. The molecule has 2 rings (SSSR count). The van der Waals surface area contributed by atoms with Gasteiger partial charge in [0, 0.05) is 12.0 Å². The second-order valence-corrected chi connectivity index (χ2v) is 6.56. The lowest BCUT2D eigenvalue weighted by molar-refractivity contribution is -0.140. The van der Waals surface area contributed by atoms with E-state index < -0.39 is 34.6 Å². The Morgan fingerprint density at radius 2 is 1.95 bits per heavy atom. The fourth-order valence-electron chi connectivity index (χ4n) is 2.40. The Labute approximate surface area is 109 Å². The van der Waals surface area contributed by atoms with Crippen LogP contribution in [-0.4, -0.2) is 20.6 Å². The smallest absolute Gasteiger partial charge is 0.208 e. The standard InChI is InChI=1S/C12H14F3NO2S/c1-7-3-4-11-9(5-7)10(6-12(13,14)15)8(2)16-19(11,17)18/h3-5,8,10,16H,6H2,1-2H3. The van der Waals surface area contributed by atoms with Crippen molar-refractivity contribution in [1.29, 1.82) is 0 Å². The minimum Gasteiger partial charge on any atom is -0.208 e. The van der Waals surface area contributed by atoms with E-state index in [-0.39, 0.29) is 10.5 Å². The van der Waals surface area contributed by atoms with Gasteiger partial charge in [-0.2, -0.15) is 13.2 Å². The predicted octanol–water partition coefficient (Wildman–Crippen LogP) is 2.71. The molecule has 1 aromatic carbocycles. The molecule has 2 unspecified atom stereocenters. The van der Waals surface area contributed by atoms with Gasteiger partial charge in [-0.25, -0.2) is 13.1 Å². The van der Waals surface area contributed by atoms with Gasteiger partial charge >= 0.3 is 6.18 Å². The molecule has 106 valence electrons. The third kappa shape index (κ3) is 2.92. The van der Waals surface area contributed by atoms with E-state index in [4.69, 9.17) is 0 Å². The summed E-state index contributed by atoms with van der Waals surface area (Å²) in [4.78, 5) is -0.0505. The molecular formula is C12H14F3NO2S. The number of hydrogen-bond acceptors (Lipinski definition) is 2. The number of alkyl halides is 3. The highest BCUT2D eigenvalue weighted by atomic mass is 32.2. The maximum Gasteiger partial charge on any atom is 0.389 e. The second kappa shape index (κ2) is 4.49. The number of halogens is 3. The highest BCUT2D eigenvalue weighted by molar-refractivity contribution is 7.89. The van der Waals surface area contributed by atoms with Gasteiger partial charge in [-0.3, -0.25) is 0 Å². The molecule has 0 saturated heterocycles. The first-order valence-electron chi connectivity index (χ1n) is 5.80. The van der Waals surface area contributed by atoms with Gasteiger partial charge in [-0.15, -0.1) is 0 Å². The van der Waals surface area contributed by atoms with E-state index in [1.54, 1.807) is 13.0 Å². The molecule has 1 heterocycles. The first kappa shape index (κ1) is 14.3. The van der Waals surface area contributed by atoms with Crippen molar-refractivity contribution in [3.63, 3.8) is 0 Å². The van der Waals surface area contributed by atoms with Crippen LogP contribution in [0.3, 0.4) is 0 Å². The summed E-state index contributed by atoms with van der Waals surface area (Å²) in [6.07, 6.45) is -5.37. The predicted molar refractivity (Wildman–Crippen MR) is 64.4 cm³/mol. The number of nitrogens with one attached hydrogen (secondary N) is 1. The van der Waals surface area contributed by atoms with Gasteiger partial charge in [0.05, 0.1) is 11.3 Å². The summed E-state index contributed by atoms with van der Waals surface area (Å²) >= 11 is 0. The first-order chi connectivity index (χ1) is 8.60. The monoisotopic (exact) mass is 293 g/mol. The van der Waals surface area contributed by atoms with Crippen LogP contribution in [0.25, 0.3) is 0 Å². The maximum atomic E-state index is 12.6. The zero-order chi connectivity index (χ0) is 14.4. The Balaban J connectivity index is 2.56. The molecule has 7 heteroatoms. The molecule has 1 aliphatic rings. The zero-order valence-corrected chi connectivity index (χ0v) is 11.3. The lowest BCUT2D eigenvalue weighted by Crippen LogP contribution is -2.43. The Hall–Kier alpha value is -1.08. The maximum absolute atomic E-state index is 12.6. The quantitative estimate of drug-likeness (QED) is 0.865. The minimum atomic E-state index is -4.33. The Morgan fingerprint density at radius 3 is 2.53 bits per heavy atom. The van der Waals surface area contributed by atoms with Gasteiger partial charge in [0.15, 0.2) is 0 Å². The number of aryl methyl sites for hydroxylation is 1. The van der Waals surface area contributed by atoms with Gasteiger partial charge in [0.25, 0.3) is 0 Å². The molecule has 0 saturated carbocycles. The van der Waals surface area contributed by atoms with Gasteiger partial charge in [0.2, 0.25) is 10.0 Å². The normalized spacial score (nSPS) is 25.9. The molecule has 0 fully saturated rings. The van der Waals surface area contributed by atoms with E-state index in [1.807, 2.05) is 0 Å². The molecule has 2 atom stereocenters. The van der Waals surface area contributed by atoms with E-state index in [9.17, 15) is 21.6 Å². The van der Waals surface area contributed by atoms with Gasteiger partial charge < -0.3 is 0 Å². The average Bonchev–Trinajstić information content (AvgIpc) is 2.21. The highest BCUT2D eigenvalue weighted by Crippen LogP contribution is 2.39. The largest absolute Gasteiger partial charge is 0.389 e. The molecule has 0 radical (unpaired) electrons. The van der Waals surface area contributed by atoms with E-state index in [0.717, 1.165) is 5.56 Å². The fraction of sp³-hybridized carbons (Fsp3) is 0.500. The van der Waals surface area contributed by atoms with Crippen molar-refractivity contribution in [3.8, 4) is 0 Å². The number of fused-ring (bicyclic) bond motifs is 1. The van der Waals surface area contributed by atoms with Gasteiger partial charge in [-0.05, 0) is 25.5 Å². The second-order valence-electron chi connectivity index (χ2n) is 4.88. The van der Waals surface area contributed by atoms with Crippen molar-refractivity contribution >= 4 is 10.0 Å². The van der Waals surface area contributed by atoms with Crippen LogP contribution in [0, 0.1) is 6.92 Å². The molecule has 0 aromatic heterocycles. The van der Waals surface area contributed by atoms with Crippen molar-refractivity contribution in [2.45, 2.75) is 43.3 Å². The van der Waals surface area contributed by atoms with Gasteiger partial charge in [-0.1, -0.05) is 17.7 Å². The van der Waals surface area contributed by atoms with E-state index in [0.29, 0.717) is 0 Å². The van der Waals surface area contributed by atoms with Crippen LogP contribution in [0.5, 0.6) is 0 Å². The van der Waals surface area contributed by atoms with Crippen LogP contribution < -0.4 is 4.72 Å². The zero-order valence-electron chi connectivity index (χ0n) is 10.5. The molecular weight excluding hydrogens is 279 g/mol. The number of benzene rings is 1. The molecule has 0 aliphatic carbocycles. The molecule has 0 spiro atoms. The highest BCUT2D eigenvalue weighted by Gasteiger charge is 2.41. The van der Waals surface area contributed by atoms with E-state index >= 15 is 0 Å². The SMILES string of the molecule is Cc1ccc2c(c1)C(CC(F)(F)F)C(C)NS2(=O)=O. The molecule has 3 nitrogen and oxygen atoms in total. The van der Waals surface area contributed by atoms with Crippen LogP contribution in [0.2, 0.25) is 0 Å². The summed E-state index contributed by atoms with van der Waals surface area (Å²) < 4.78 is 64.0. The fourth-order valence-corrected chi connectivity index (χ4v) is 3.95. The summed E-state index contributed by atoms with van der Waals surface area (Å²) in [6.45, 7) is 3.18. The van der Waals surface area contributed by atoms with Crippen LogP contribution in [0.1, 0.15) is 30.4 Å².